The quantitative estimate of drug-likeness (QED) is 0.775. The molecule has 22 heavy (non-hydrogen) atoms. The average molecular weight is 306 g/mol. The van der Waals surface area contributed by atoms with Gasteiger partial charge in [0.1, 0.15) is 6.61 Å². The minimum absolute atomic E-state index is 0.0449. The minimum Gasteiger partial charge on any atom is -0.380 e. The molecule has 1 aromatic rings. The Balaban J connectivity index is 1.57. The molecule has 1 amide bonds. The number of rotatable bonds is 6. The predicted octanol–water partition coefficient (Wildman–Crippen LogP) is 0.720. The van der Waals surface area contributed by atoms with Gasteiger partial charge in [-0.3, -0.25) is 9.78 Å². The highest BCUT2D eigenvalue weighted by molar-refractivity contribution is 5.77. The van der Waals surface area contributed by atoms with E-state index >= 15 is 0 Å². The van der Waals surface area contributed by atoms with E-state index in [9.17, 15) is 4.79 Å². The summed E-state index contributed by atoms with van der Waals surface area (Å²) in [6.07, 6.45) is 3.56. The molecule has 3 rings (SSSR count). The number of aromatic nitrogens is 1. The van der Waals surface area contributed by atoms with Crippen LogP contribution in [0.4, 0.5) is 0 Å². The second-order valence-corrected chi connectivity index (χ2v) is 6.14. The number of carbonyl (C=O) groups excluding carboxylic acids is 1. The fourth-order valence-corrected chi connectivity index (χ4v) is 3.30. The summed E-state index contributed by atoms with van der Waals surface area (Å²) in [5.41, 5.74) is 0.977. The van der Waals surface area contributed by atoms with E-state index in [4.69, 9.17) is 14.2 Å². The van der Waals surface area contributed by atoms with Gasteiger partial charge >= 0.3 is 0 Å². The van der Waals surface area contributed by atoms with Crippen LogP contribution in [0, 0.1) is 11.3 Å². The Kier molecular flexibility index (Phi) is 4.71. The summed E-state index contributed by atoms with van der Waals surface area (Å²) in [6.45, 7) is 4.05. The van der Waals surface area contributed by atoms with E-state index in [1.54, 1.807) is 13.3 Å². The van der Waals surface area contributed by atoms with E-state index in [1.165, 1.54) is 0 Å². The summed E-state index contributed by atoms with van der Waals surface area (Å²) in [7, 11) is 1.55. The summed E-state index contributed by atoms with van der Waals surface area (Å²) >= 11 is 0. The van der Waals surface area contributed by atoms with Crippen molar-refractivity contribution in [1.82, 2.24) is 9.88 Å². The molecule has 0 unspecified atom stereocenters. The normalized spacial score (nSPS) is 27.1. The molecule has 0 aromatic carbocycles. The first kappa shape index (κ1) is 15.4. The lowest BCUT2D eigenvalue weighted by Crippen LogP contribution is -2.38. The van der Waals surface area contributed by atoms with Crippen molar-refractivity contribution in [3.8, 4) is 0 Å². The number of pyridine rings is 1. The zero-order chi connectivity index (χ0) is 15.4. The van der Waals surface area contributed by atoms with Crippen molar-refractivity contribution in [1.29, 1.82) is 0 Å². The Labute approximate surface area is 130 Å². The molecule has 2 aliphatic rings. The van der Waals surface area contributed by atoms with Crippen molar-refractivity contribution in [2.75, 3.05) is 46.6 Å². The molecule has 0 radical (unpaired) electrons. The number of hydrogen-bond donors (Lipinski definition) is 0. The van der Waals surface area contributed by atoms with Gasteiger partial charge in [0.15, 0.2) is 0 Å². The van der Waals surface area contributed by atoms with E-state index in [0.717, 1.165) is 12.1 Å². The summed E-state index contributed by atoms with van der Waals surface area (Å²) in [5, 5.41) is 0. The van der Waals surface area contributed by atoms with E-state index in [1.807, 2.05) is 23.2 Å². The van der Waals surface area contributed by atoms with Crippen LogP contribution in [0.2, 0.25) is 0 Å². The van der Waals surface area contributed by atoms with Gasteiger partial charge in [-0.05, 0) is 11.6 Å². The summed E-state index contributed by atoms with van der Waals surface area (Å²) in [4.78, 5) is 18.0. The third kappa shape index (κ3) is 3.14. The molecule has 0 spiro atoms. The molecule has 2 aliphatic heterocycles. The number of carbonyl (C=O) groups is 1. The fraction of sp³-hybridized carbons (Fsp3) is 0.625. The van der Waals surface area contributed by atoms with Crippen molar-refractivity contribution in [2.45, 2.75) is 6.61 Å². The first-order valence-electron chi connectivity index (χ1n) is 7.55. The second-order valence-electron chi connectivity index (χ2n) is 6.14. The van der Waals surface area contributed by atoms with Gasteiger partial charge in [0.2, 0.25) is 5.91 Å². The largest absolute Gasteiger partial charge is 0.380 e. The highest BCUT2D eigenvalue weighted by Crippen LogP contribution is 2.41. The second kappa shape index (κ2) is 6.73. The van der Waals surface area contributed by atoms with Gasteiger partial charge in [-0.15, -0.1) is 0 Å². The lowest BCUT2D eigenvalue weighted by molar-refractivity contribution is -0.135. The summed E-state index contributed by atoms with van der Waals surface area (Å²) < 4.78 is 16.5. The molecule has 6 heteroatoms. The SMILES string of the molecule is COCC(=O)N1C[C@@H]2COC[C@]2(COCc2cccnc2)C1. The van der Waals surface area contributed by atoms with Gasteiger partial charge in [0, 0.05) is 43.9 Å². The molecule has 1 aromatic heterocycles. The molecule has 2 atom stereocenters. The van der Waals surface area contributed by atoms with Crippen LogP contribution < -0.4 is 0 Å². The number of hydrogen-bond acceptors (Lipinski definition) is 5. The van der Waals surface area contributed by atoms with Gasteiger partial charge in [0.05, 0.1) is 26.4 Å². The highest BCUT2D eigenvalue weighted by atomic mass is 16.5. The number of nitrogens with zero attached hydrogens (tertiary/aromatic N) is 2. The van der Waals surface area contributed by atoms with Crippen molar-refractivity contribution in [3.63, 3.8) is 0 Å². The molecule has 3 heterocycles. The van der Waals surface area contributed by atoms with E-state index < -0.39 is 0 Å². The van der Waals surface area contributed by atoms with Crippen molar-refractivity contribution >= 4 is 5.91 Å². The maximum absolute atomic E-state index is 12.0. The third-order valence-corrected chi connectivity index (χ3v) is 4.52. The first-order valence-corrected chi connectivity index (χ1v) is 7.55. The van der Waals surface area contributed by atoms with Crippen molar-refractivity contribution in [3.05, 3.63) is 30.1 Å². The number of likely N-dealkylation sites (tertiary alicyclic amines) is 1. The van der Waals surface area contributed by atoms with Gasteiger partial charge in [-0.1, -0.05) is 6.07 Å². The van der Waals surface area contributed by atoms with Crippen LogP contribution in [-0.2, 0) is 25.6 Å². The molecule has 0 saturated carbocycles. The van der Waals surface area contributed by atoms with Crippen LogP contribution in [0.15, 0.2) is 24.5 Å². The maximum Gasteiger partial charge on any atom is 0.248 e. The van der Waals surface area contributed by atoms with Crippen LogP contribution in [0.25, 0.3) is 0 Å². The van der Waals surface area contributed by atoms with E-state index in [2.05, 4.69) is 4.98 Å². The topological polar surface area (TPSA) is 60.9 Å². The zero-order valence-corrected chi connectivity index (χ0v) is 12.9. The van der Waals surface area contributed by atoms with Crippen LogP contribution in [0.3, 0.4) is 0 Å². The van der Waals surface area contributed by atoms with Crippen molar-refractivity contribution < 1.29 is 19.0 Å². The lowest BCUT2D eigenvalue weighted by atomic mass is 9.82. The summed E-state index contributed by atoms with van der Waals surface area (Å²) in [6, 6.07) is 3.90. The number of methoxy groups -OCH3 is 1. The van der Waals surface area contributed by atoms with E-state index in [0.29, 0.717) is 38.9 Å². The molecule has 2 saturated heterocycles. The molecular weight excluding hydrogens is 284 g/mol. The third-order valence-electron chi connectivity index (χ3n) is 4.52. The van der Waals surface area contributed by atoms with Gasteiger partial charge in [0.25, 0.3) is 0 Å². The predicted molar refractivity (Wildman–Crippen MR) is 79.1 cm³/mol. The van der Waals surface area contributed by atoms with E-state index in [-0.39, 0.29) is 17.9 Å². The molecule has 0 bridgehead atoms. The standard InChI is InChI=1S/C16H22N2O4/c1-20-9-15(19)18-6-14-8-22-12-16(14,10-18)11-21-7-13-3-2-4-17-5-13/h2-5,14H,6-12H2,1H3/t14-,16-/m1/s1. The molecule has 0 N–H and O–H groups in total. The fourth-order valence-electron chi connectivity index (χ4n) is 3.30. The number of amides is 1. The Hall–Kier alpha value is -1.50. The Morgan fingerprint density at radius 1 is 1.59 bits per heavy atom. The highest BCUT2D eigenvalue weighted by Gasteiger charge is 2.51. The molecule has 120 valence electrons. The Morgan fingerprint density at radius 3 is 3.27 bits per heavy atom. The number of ether oxygens (including phenoxy) is 3. The number of fused-ring (bicyclic) bond motifs is 1. The zero-order valence-electron chi connectivity index (χ0n) is 12.9. The van der Waals surface area contributed by atoms with Crippen LogP contribution in [0.5, 0.6) is 0 Å². The molecule has 2 fully saturated rings. The van der Waals surface area contributed by atoms with Gasteiger partial charge in [-0.25, -0.2) is 0 Å². The molecule has 0 aliphatic carbocycles. The average Bonchev–Trinajstić information content (AvgIpc) is 3.05. The van der Waals surface area contributed by atoms with Crippen LogP contribution >= 0.6 is 0 Å². The Morgan fingerprint density at radius 2 is 2.50 bits per heavy atom. The lowest BCUT2D eigenvalue weighted by Gasteiger charge is -2.26. The smallest absolute Gasteiger partial charge is 0.248 e. The first-order chi connectivity index (χ1) is 10.7. The minimum atomic E-state index is -0.0778. The molecular formula is C16H22N2O4. The van der Waals surface area contributed by atoms with Gasteiger partial charge < -0.3 is 19.1 Å². The molecule has 6 nitrogen and oxygen atoms in total. The van der Waals surface area contributed by atoms with Crippen LogP contribution in [0.1, 0.15) is 5.56 Å². The maximum atomic E-state index is 12.0. The Bertz CT molecular complexity index is 510. The monoisotopic (exact) mass is 306 g/mol. The summed E-state index contributed by atoms with van der Waals surface area (Å²) in [5.74, 6) is 0.394. The van der Waals surface area contributed by atoms with Gasteiger partial charge in [-0.2, -0.15) is 0 Å². The van der Waals surface area contributed by atoms with Crippen molar-refractivity contribution in [2.24, 2.45) is 11.3 Å². The van der Waals surface area contributed by atoms with Crippen LogP contribution in [-0.4, -0.2) is 62.4 Å².